The van der Waals surface area contributed by atoms with Crippen molar-refractivity contribution in [3.05, 3.63) is 43.8 Å². The lowest BCUT2D eigenvalue weighted by atomic mass is 10.2. The molecule has 34 heavy (non-hydrogen) atoms. The van der Waals surface area contributed by atoms with Crippen LogP contribution in [-0.4, -0.2) is 53.5 Å². The first-order valence-corrected chi connectivity index (χ1v) is 11.5. The number of amides is 3. The smallest absolute Gasteiger partial charge is 0.270 e. The van der Waals surface area contributed by atoms with Crippen molar-refractivity contribution in [1.29, 1.82) is 5.26 Å². The van der Waals surface area contributed by atoms with Gasteiger partial charge >= 0.3 is 0 Å². The van der Waals surface area contributed by atoms with Crippen LogP contribution in [0.15, 0.2) is 29.1 Å². The minimum absolute atomic E-state index is 0.0837. The topological polar surface area (TPSA) is 148 Å². The normalized spacial score (nSPS) is 14.9. The molecule has 1 fully saturated rings. The van der Waals surface area contributed by atoms with E-state index in [9.17, 15) is 24.4 Å². The largest absolute Gasteiger partial charge is 0.360 e. The number of aromatic nitrogens is 1. The number of nitrogens with zero attached hydrogens (tertiary/aromatic N) is 3. The van der Waals surface area contributed by atoms with Gasteiger partial charge in [0, 0.05) is 30.7 Å². The lowest BCUT2D eigenvalue weighted by Crippen LogP contribution is -2.34. The summed E-state index contributed by atoms with van der Waals surface area (Å²) in [7, 11) is 0. The van der Waals surface area contributed by atoms with Gasteiger partial charge in [-0.15, -0.1) is 11.3 Å². The SMILES string of the molecule is CCNC(=O)C(C#N)=c1sc(=CNc2cccc(NC(=O)CN3CNC(=O)C3)c2)c(=O)n1CC. The van der Waals surface area contributed by atoms with Crippen LogP contribution in [0.2, 0.25) is 0 Å². The summed E-state index contributed by atoms with van der Waals surface area (Å²) in [6, 6.07) is 8.84. The highest BCUT2D eigenvalue weighted by Crippen LogP contribution is 2.15. The number of nitriles is 1. The van der Waals surface area contributed by atoms with Crippen molar-refractivity contribution in [2.45, 2.75) is 20.4 Å². The van der Waals surface area contributed by atoms with Gasteiger partial charge in [0.2, 0.25) is 11.8 Å². The second-order valence-electron chi connectivity index (χ2n) is 7.33. The summed E-state index contributed by atoms with van der Waals surface area (Å²) >= 11 is 1.05. The van der Waals surface area contributed by atoms with Crippen LogP contribution in [0.25, 0.3) is 11.8 Å². The van der Waals surface area contributed by atoms with E-state index in [1.54, 1.807) is 43.0 Å². The van der Waals surface area contributed by atoms with Crippen LogP contribution >= 0.6 is 11.3 Å². The summed E-state index contributed by atoms with van der Waals surface area (Å²) in [6.07, 6.45) is 1.51. The fraction of sp³-hybridized carbons (Fsp3) is 0.318. The van der Waals surface area contributed by atoms with Gasteiger partial charge in [-0.05, 0) is 32.0 Å². The number of anilines is 2. The number of hydrogen-bond donors (Lipinski definition) is 4. The highest BCUT2D eigenvalue weighted by molar-refractivity contribution is 7.07. The molecular weight excluding hydrogens is 458 g/mol. The Morgan fingerprint density at radius 3 is 2.68 bits per heavy atom. The van der Waals surface area contributed by atoms with Crippen molar-refractivity contribution in [3.63, 3.8) is 0 Å². The molecule has 0 bridgehead atoms. The van der Waals surface area contributed by atoms with Crippen LogP contribution in [0.4, 0.5) is 11.4 Å². The highest BCUT2D eigenvalue weighted by Gasteiger charge is 2.20. The Labute approximate surface area is 199 Å². The Morgan fingerprint density at radius 1 is 1.26 bits per heavy atom. The zero-order valence-electron chi connectivity index (χ0n) is 18.8. The minimum Gasteiger partial charge on any atom is -0.360 e. The maximum absolute atomic E-state index is 12.8. The van der Waals surface area contributed by atoms with E-state index < -0.39 is 5.91 Å². The number of hydrogen-bond acceptors (Lipinski definition) is 8. The number of rotatable bonds is 8. The summed E-state index contributed by atoms with van der Waals surface area (Å²) in [4.78, 5) is 50.2. The summed E-state index contributed by atoms with van der Waals surface area (Å²) < 4.78 is 2.01. The molecule has 178 valence electrons. The molecule has 11 nitrogen and oxygen atoms in total. The van der Waals surface area contributed by atoms with Crippen molar-refractivity contribution in [2.75, 3.05) is 36.9 Å². The molecule has 0 unspecified atom stereocenters. The Bertz CT molecular complexity index is 1320. The Balaban J connectivity index is 1.81. The predicted octanol–water partition coefficient (Wildman–Crippen LogP) is -1.08. The first kappa shape index (κ1) is 24.7. The van der Waals surface area contributed by atoms with Crippen LogP contribution in [0.3, 0.4) is 0 Å². The van der Waals surface area contributed by atoms with E-state index >= 15 is 0 Å². The molecular formula is C22H25N7O4S. The molecule has 1 aromatic carbocycles. The lowest BCUT2D eigenvalue weighted by Gasteiger charge is -2.12. The first-order valence-electron chi connectivity index (χ1n) is 10.6. The first-order chi connectivity index (χ1) is 16.4. The van der Waals surface area contributed by atoms with Crippen LogP contribution < -0.4 is 36.0 Å². The molecule has 2 heterocycles. The summed E-state index contributed by atoms with van der Waals surface area (Å²) in [5, 5.41) is 20.5. The van der Waals surface area contributed by atoms with E-state index in [0.717, 1.165) is 11.3 Å². The molecule has 3 rings (SSSR count). The van der Waals surface area contributed by atoms with E-state index in [0.29, 0.717) is 40.3 Å². The van der Waals surface area contributed by atoms with Gasteiger partial charge in [0.1, 0.15) is 15.3 Å². The Morgan fingerprint density at radius 2 is 2.03 bits per heavy atom. The lowest BCUT2D eigenvalue weighted by molar-refractivity contribution is -0.119. The maximum Gasteiger partial charge on any atom is 0.270 e. The van der Waals surface area contributed by atoms with Gasteiger partial charge < -0.3 is 21.3 Å². The van der Waals surface area contributed by atoms with Gasteiger partial charge in [-0.1, -0.05) is 6.07 Å². The van der Waals surface area contributed by atoms with Gasteiger partial charge in [0.05, 0.1) is 19.8 Å². The molecule has 12 heteroatoms. The molecule has 3 amide bonds. The average molecular weight is 484 g/mol. The van der Waals surface area contributed by atoms with E-state index in [4.69, 9.17) is 0 Å². The number of nitrogens with one attached hydrogen (secondary N) is 4. The van der Waals surface area contributed by atoms with Gasteiger partial charge in [0.25, 0.3) is 11.5 Å². The molecule has 1 aliphatic rings. The summed E-state index contributed by atoms with van der Waals surface area (Å²) in [5.74, 6) is -0.888. The molecule has 1 saturated heterocycles. The third kappa shape index (κ3) is 5.89. The molecule has 0 spiro atoms. The van der Waals surface area contributed by atoms with E-state index in [2.05, 4.69) is 21.3 Å². The average Bonchev–Trinajstić information content (AvgIpc) is 3.35. The van der Waals surface area contributed by atoms with Gasteiger partial charge in [-0.25, -0.2) is 0 Å². The highest BCUT2D eigenvalue weighted by atomic mass is 32.1. The second kappa shape index (κ2) is 11.3. The molecule has 4 N–H and O–H groups in total. The van der Waals surface area contributed by atoms with Gasteiger partial charge in [0.15, 0.2) is 5.57 Å². The van der Waals surface area contributed by atoms with Crippen LogP contribution in [0.1, 0.15) is 13.8 Å². The number of benzene rings is 1. The van der Waals surface area contributed by atoms with E-state index in [1.807, 2.05) is 6.07 Å². The van der Waals surface area contributed by atoms with Crippen LogP contribution in [-0.2, 0) is 20.9 Å². The zero-order chi connectivity index (χ0) is 24.7. The Hall–Kier alpha value is -3.95. The minimum atomic E-state index is -0.523. The molecule has 1 aliphatic heterocycles. The van der Waals surface area contributed by atoms with Crippen molar-refractivity contribution >= 4 is 52.2 Å². The van der Waals surface area contributed by atoms with Gasteiger partial charge in [-0.2, -0.15) is 5.26 Å². The van der Waals surface area contributed by atoms with Crippen LogP contribution in [0, 0.1) is 11.3 Å². The summed E-state index contributed by atoms with van der Waals surface area (Å²) in [6.45, 7) is 4.80. The second-order valence-corrected chi connectivity index (χ2v) is 8.36. The van der Waals surface area contributed by atoms with E-state index in [1.165, 1.54) is 10.8 Å². The molecule has 2 aromatic rings. The molecule has 0 atom stereocenters. The third-order valence-corrected chi connectivity index (χ3v) is 5.99. The van der Waals surface area contributed by atoms with Crippen molar-refractivity contribution in [1.82, 2.24) is 20.1 Å². The maximum atomic E-state index is 12.8. The summed E-state index contributed by atoms with van der Waals surface area (Å²) in [5.41, 5.74) is 0.757. The molecule has 0 aliphatic carbocycles. The van der Waals surface area contributed by atoms with Crippen molar-refractivity contribution in [2.24, 2.45) is 0 Å². The fourth-order valence-electron chi connectivity index (χ4n) is 3.30. The molecule has 0 radical (unpaired) electrons. The quantitative estimate of drug-likeness (QED) is 0.373. The third-order valence-electron chi connectivity index (χ3n) is 4.86. The van der Waals surface area contributed by atoms with E-state index in [-0.39, 0.29) is 36.0 Å². The predicted molar refractivity (Wildman–Crippen MR) is 129 cm³/mol. The molecule has 0 saturated carbocycles. The fourth-order valence-corrected chi connectivity index (χ4v) is 4.39. The number of carbonyl (C=O) groups excluding carboxylic acids is 3. The van der Waals surface area contributed by atoms with Gasteiger partial charge in [-0.3, -0.25) is 28.6 Å². The molecule has 1 aromatic heterocycles. The van der Waals surface area contributed by atoms with Crippen molar-refractivity contribution in [3.8, 4) is 6.07 Å². The number of carbonyl (C=O) groups is 3. The standard InChI is InChI=1S/C22H25N7O4S/c1-3-24-20(32)16(9-23)22-29(4-2)21(33)17(34-22)10-25-14-6-5-7-15(8-14)27-19(31)12-28-11-18(30)26-13-28/h5-8,10,25H,3-4,11-13H2,1-2H3,(H,24,32)(H,26,30)(H,27,31). The Kier molecular flexibility index (Phi) is 8.18. The van der Waals surface area contributed by atoms with Crippen molar-refractivity contribution < 1.29 is 14.4 Å². The van der Waals surface area contributed by atoms with Crippen LogP contribution in [0.5, 0.6) is 0 Å². The monoisotopic (exact) mass is 483 g/mol. The number of thiazole rings is 1. The zero-order valence-corrected chi connectivity index (χ0v) is 19.6.